The molecule has 0 atom stereocenters. The number of thiophene rings is 1. The van der Waals surface area contributed by atoms with Gasteiger partial charge in [-0.1, -0.05) is 12.5 Å². The monoisotopic (exact) mass is 255 g/mol. The SMILES string of the molecule is O=C(O)CCCCCNC(=O)Cc1cccs1. The second kappa shape index (κ2) is 7.84. The van der Waals surface area contributed by atoms with E-state index >= 15 is 0 Å². The number of hydrogen-bond donors (Lipinski definition) is 2. The number of unbranched alkanes of at least 4 members (excludes halogenated alkanes) is 2. The van der Waals surface area contributed by atoms with Gasteiger partial charge in [-0.05, 0) is 24.3 Å². The van der Waals surface area contributed by atoms with Gasteiger partial charge in [0.25, 0.3) is 0 Å². The van der Waals surface area contributed by atoms with Crippen molar-refractivity contribution < 1.29 is 14.7 Å². The third kappa shape index (κ3) is 6.73. The second-order valence-electron chi connectivity index (χ2n) is 3.81. The van der Waals surface area contributed by atoms with Gasteiger partial charge in [0.1, 0.15) is 0 Å². The number of carbonyl (C=O) groups excluding carboxylic acids is 1. The molecule has 1 aromatic heterocycles. The quantitative estimate of drug-likeness (QED) is 0.699. The van der Waals surface area contributed by atoms with Crippen LogP contribution in [-0.2, 0) is 16.0 Å². The van der Waals surface area contributed by atoms with Crippen molar-refractivity contribution in [3.63, 3.8) is 0 Å². The smallest absolute Gasteiger partial charge is 0.303 e. The van der Waals surface area contributed by atoms with E-state index in [1.807, 2.05) is 17.5 Å². The molecule has 0 aliphatic carbocycles. The molecule has 0 unspecified atom stereocenters. The Balaban J connectivity index is 1.99. The first-order valence-electron chi connectivity index (χ1n) is 5.69. The van der Waals surface area contributed by atoms with Gasteiger partial charge in [-0.2, -0.15) is 0 Å². The Morgan fingerprint density at radius 1 is 1.29 bits per heavy atom. The third-order valence-electron chi connectivity index (χ3n) is 2.30. The summed E-state index contributed by atoms with van der Waals surface area (Å²) in [6, 6.07) is 3.87. The molecule has 17 heavy (non-hydrogen) atoms. The number of nitrogens with one attached hydrogen (secondary N) is 1. The van der Waals surface area contributed by atoms with Crippen LogP contribution in [0.5, 0.6) is 0 Å². The number of hydrogen-bond acceptors (Lipinski definition) is 3. The normalized spacial score (nSPS) is 10.1. The summed E-state index contributed by atoms with van der Waals surface area (Å²) < 4.78 is 0. The van der Waals surface area contributed by atoms with Crippen molar-refractivity contribution in [1.82, 2.24) is 5.32 Å². The fourth-order valence-electron chi connectivity index (χ4n) is 1.44. The lowest BCUT2D eigenvalue weighted by atomic mass is 10.2. The first kappa shape index (κ1) is 13.7. The van der Waals surface area contributed by atoms with E-state index in [4.69, 9.17) is 5.11 Å². The molecule has 5 heteroatoms. The average Bonchev–Trinajstić information content (AvgIpc) is 2.75. The van der Waals surface area contributed by atoms with Gasteiger partial charge in [-0.3, -0.25) is 9.59 Å². The molecule has 0 bridgehead atoms. The van der Waals surface area contributed by atoms with Gasteiger partial charge in [0.15, 0.2) is 0 Å². The Morgan fingerprint density at radius 3 is 2.76 bits per heavy atom. The maximum atomic E-state index is 11.5. The van der Waals surface area contributed by atoms with Crippen LogP contribution in [0.25, 0.3) is 0 Å². The first-order chi connectivity index (χ1) is 8.18. The molecule has 0 aromatic carbocycles. The van der Waals surface area contributed by atoms with E-state index in [1.165, 1.54) is 0 Å². The second-order valence-corrected chi connectivity index (χ2v) is 4.84. The maximum Gasteiger partial charge on any atom is 0.303 e. The van der Waals surface area contributed by atoms with Gasteiger partial charge >= 0.3 is 5.97 Å². The highest BCUT2D eigenvalue weighted by atomic mass is 32.1. The van der Waals surface area contributed by atoms with Crippen molar-refractivity contribution in [3.05, 3.63) is 22.4 Å². The molecule has 1 heterocycles. The molecular formula is C12H17NO3S. The molecular weight excluding hydrogens is 238 g/mol. The van der Waals surface area contributed by atoms with E-state index in [-0.39, 0.29) is 12.3 Å². The van der Waals surface area contributed by atoms with E-state index in [0.717, 1.165) is 17.7 Å². The van der Waals surface area contributed by atoms with Crippen LogP contribution >= 0.6 is 11.3 Å². The Labute approximate surface area is 105 Å². The van der Waals surface area contributed by atoms with E-state index in [0.29, 0.717) is 19.4 Å². The van der Waals surface area contributed by atoms with Crippen LogP contribution in [0.2, 0.25) is 0 Å². The first-order valence-corrected chi connectivity index (χ1v) is 6.57. The van der Waals surface area contributed by atoms with Crippen LogP contribution < -0.4 is 5.32 Å². The maximum absolute atomic E-state index is 11.5. The van der Waals surface area contributed by atoms with E-state index < -0.39 is 5.97 Å². The van der Waals surface area contributed by atoms with Gasteiger partial charge in [0.2, 0.25) is 5.91 Å². The van der Waals surface area contributed by atoms with E-state index in [1.54, 1.807) is 11.3 Å². The molecule has 2 N–H and O–H groups in total. The Morgan fingerprint density at radius 2 is 2.12 bits per heavy atom. The van der Waals surface area contributed by atoms with E-state index in [2.05, 4.69) is 5.32 Å². The topological polar surface area (TPSA) is 66.4 Å². The molecule has 0 aliphatic heterocycles. The van der Waals surface area contributed by atoms with Crippen molar-refractivity contribution in [3.8, 4) is 0 Å². The zero-order chi connectivity index (χ0) is 12.5. The molecule has 4 nitrogen and oxygen atoms in total. The largest absolute Gasteiger partial charge is 0.481 e. The summed E-state index contributed by atoms with van der Waals surface area (Å²) in [5.41, 5.74) is 0. The highest BCUT2D eigenvalue weighted by molar-refractivity contribution is 7.10. The number of carboxylic acids is 1. The van der Waals surface area contributed by atoms with Crippen LogP contribution in [0.1, 0.15) is 30.6 Å². The average molecular weight is 255 g/mol. The van der Waals surface area contributed by atoms with Crippen LogP contribution in [0.15, 0.2) is 17.5 Å². The van der Waals surface area contributed by atoms with Crippen LogP contribution in [0, 0.1) is 0 Å². The number of carbonyl (C=O) groups is 2. The van der Waals surface area contributed by atoms with Crippen molar-refractivity contribution in [2.75, 3.05) is 6.54 Å². The van der Waals surface area contributed by atoms with Gasteiger partial charge in [-0.15, -0.1) is 11.3 Å². The highest BCUT2D eigenvalue weighted by Crippen LogP contribution is 2.08. The fraction of sp³-hybridized carbons (Fsp3) is 0.500. The lowest BCUT2D eigenvalue weighted by Gasteiger charge is -2.03. The van der Waals surface area contributed by atoms with Crippen LogP contribution in [0.4, 0.5) is 0 Å². The lowest BCUT2D eigenvalue weighted by molar-refractivity contribution is -0.137. The summed E-state index contributed by atoms with van der Waals surface area (Å²) in [6.07, 6.45) is 3.00. The van der Waals surface area contributed by atoms with Crippen molar-refractivity contribution in [2.24, 2.45) is 0 Å². The minimum Gasteiger partial charge on any atom is -0.481 e. The number of carboxylic acid groups (broad SMARTS) is 1. The standard InChI is InChI=1S/C12H17NO3S/c14-11(9-10-5-4-8-17-10)13-7-3-1-2-6-12(15)16/h4-5,8H,1-3,6-7,9H2,(H,13,14)(H,15,16). The van der Waals surface area contributed by atoms with Crippen LogP contribution in [-0.4, -0.2) is 23.5 Å². The number of aliphatic carboxylic acids is 1. The van der Waals surface area contributed by atoms with Gasteiger partial charge in [0.05, 0.1) is 6.42 Å². The minimum atomic E-state index is -0.758. The zero-order valence-corrected chi connectivity index (χ0v) is 10.5. The predicted molar refractivity (Wildman–Crippen MR) is 67.1 cm³/mol. The molecule has 0 fully saturated rings. The minimum absolute atomic E-state index is 0.0330. The predicted octanol–water partition coefficient (Wildman–Crippen LogP) is 2.05. The highest BCUT2D eigenvalue weighted by Gasteiger charge is 2.03. The summed E-state index contributed by atoms with van der Waals surface area (Å²) in [4.78, 5) is 22.8. The van der Waals surface area contributed by atoms with Gasteiger partial charge in [-0.25, -0.2) is 0 Å². The summed E-state index contributed by atoms with van der Waals surface area (Å²) in [5, 5.41) is 13.2. The number of rotatable bonds is 8. The third-order valence-corrected chi connectivity index (χ3v) is 3.18. The Kier molecular flexibility index (Phi) is 6.32. The Bertz CT molecular complexity index is 349. The van der Waals surface area contributed by atoms with Gasteiger partial charge in [0, 0.05) is 17.8 Å². The summed E-state index contributed by atoms with van der Waals surface area (Å²) in [7, 11) is 0. The van der Waals surface area contributed by atoms with Crippen molar-refractivity contribution in [2.45, 2.75) is 32.1 Å². The summed E-state index contributed by atoms with van der Waals surface area (Å²) >= 11 is 1.58. The molecule has 0 radical (unpaired) electrons. The van der Waals surface area contributed by atoms with Crippen molar-refractivity contribution in [1.29, 1.82) is 0 Å². The lowest BCUT2D eigenvalue weighted by Crippen LogP contribution is -2.25. The van der Waals surface area contributed by atoms with E-state index in [9.17, 15) is 9.59 Å². The summed E-state index contributed by atoms with van der Waals surface area (Å²) in [5.74, 6) is -0.725. The van der Waals surface area contributed by atoms with Crippen LogP contribution in [0.3, 0.4) is 0 Å². The molecule has 1 aromatic rings. The molecule has 0 saturated carbocycles. The fourth-order valence-corrected chi connectivity index (χ4v) is 2.14. The molecule has 0 aliphatic rings. The molecule has 94 valence electrons. The molecule has 1 rings (SSSR count). The molecule has 0 spiro atoms. The molecule has 1 amide bonds. The summed E-state index contributed by atoms with van der Waals surface area (Å²) in [6.45, 7) is 0.629. The molecule has 0 saturated heterocycles. The Hall–Kier alpha value is -1.36. The number of amides is 1. The van der Waals surface area contributed by atoms with Gasteiger partial charge < -0.3 is 10.4 Å². The van der Waals surface area contributed by atoms with Crippen molar-refractivity contribution >= 4 is 23.2 Å². The zero-order valence-electron chi connectivity index (χ0n) is 9.65.